The first-order valence-corrected chi connectivity index (χ1v) is 3.72. The number of hydrazine groups is 1. The molecule has 0 atom stereocenters. The van der Waals surface area contributed by atoms with Gasteiger partial charge in [0.2, 0.25) is 5.28 Å². The van der Waals surface area contributed by atoms with Gasteiger partial charge in [-0.1, -0.05) is 6.08 Å². The van der Waals surface area contributed by atoms with Gasteiger partial charge in [-0.05, 0) is 13.8 Å². The normalized spacial score (nSPS) is 11.5. The summed E-state index contributed by atoms with van der Waals surface area (Å²) in [5.74, 6) is 0. The molecule has 0 amide bonds. The van der Waals surface area contributed by atoms with Crippen molar-refractivity contribution in [2.75, 3.05) is 13.7 Å². The van der Waals surface area contributed by atoms with Crippen LogP contribution in [0.1, 0.15) is 13.8 Å². The van der Waals surface area contributed by atoms with E-state index in [9.17, 15) is 5.21 Å². The van der Waals surface area contributed by atoms with Gasteiger partial charge in [0.1, 0.15) is 7.11 Å². The Morgan fingerprint density at radius 3 is 2.67 bits per heavy atom. The molecule has 0 aromatic rings. The predicted octanol–water partition coefficient (Wildman–Crippen LogP) is 1.32. The van der Waals surface area contributed by atoms with Crippen LogP contribution in [-0.4, -0.2) is 29.7 Å². The van der Waals surface area contributed by atoms with Gasteiger partial charge in [0.25, 0.3) is 0 Å². The zero-order valence-electron chi connectivity index (χ0n) is 7.73. The van der Waals surface area contributed by atoms with Crippen molar-refractivity contribution < 1.29 is 9.81 Å². The Balaban J connectivity index is 4.28. The molecule has 0 saturated carbocycles. The average molecular weight is 173 g/mol. The Labute approximate surface area is 72.4 Å². The summed E-state index contributed by atoms with van der Waals surface area (Å²) < 4.78 is 0. The predicted molar refractivity (Wildman–Crippen MR) is 45.1 cm³/mol. The van der Waals surface area contributed by atoms with Gasteiger partial charge in [0.05, 0.1) is 17.6 Å². The molecule has 0 aromatic heterocycles. The molecule has 0 aliphatic carbocycles. The van der Waals surface area contributed by atoms with Crippen molar-refractivity contribution in [2.45, 2.75) is 19.9 Å². The fourth-order valence-corrected chi connectivity index (χ4v) is 0.727. The van der Waals surface area contributed by atoms with Crippen LogP contribution < -0.4 is 0 Å². The minimum absolute atomic E-state index is 0.0689. The van der Waals surface area contributed by atoms with Crippen LogP contribution in [0.5, 0.6) is 0 Å². The molecular weight excluding hydrogens is 158 g/mol. The zero-order valence-corrected chi connectivity index (χ0v) is 7.73. The summed E-state index contributed by atoms with van der Waals surface area (Å²) in [7, 11) is 1.33. The molecule has 0 bridgehead atoms. The number of nitrogens with zero attached hydrogens (tertiary/aromatic N) is 3. The lowest BCUT2D eigenvalue weighted by Crippen LogP contribution is -2.36. The molecule has 0 aliphatic heterocycles. The van der Waals surface area contributed by atoms with Crippen LogP contribution in [0.15, 0.2) is 17.9 Å². The van der Waals surface area contributed by atoms with Crippen LogP contribution in [0.2, 0.25) is 0 Å². The van der Waals surface area contributed by atoms with Gasteiger partial charge in [-0.15, -0.1) is 11.6 Å². The summed E-state index contributed by atoms with van der Waals surface area (Å²) in [5, 5.41) is 15.8. The van der Waals surface area contributed by atoms with E-state index in [2.05, 4.69) is 16.7 Å². The van der Waals surface area contributed by atoms with E-state index in [4.69, 9.17) is 0 Å². The standard InChI is InChI=1S/C7H15N3O2/c1-5-6-9(7(2)3)10(11)8-12-4/h5,7H,1,6H2,2-4H3/b10-8+. The van der Waals surface area contributed by atoms with E-state index >= 15 is 0 Å². The van der Waals surface area contributed by atoms with Crippen molar-refractivity contribution in [3.05, 3.63) is 17.9 Å². The SMILES string of the molecule is C=CCN(C(C)C)/[N+]([O-])=N\OC. The average Bonchev–Trinajstić information content (AvgIpc) is 1.99. The van der Waals surface area contributed by atoms with Crippen LogP contribution in [0.4, 0.5) is 0 Å². The molecule has 0 aliphatic rings. The third kappa shape index (κ3) is 3.23. The summed E-state index contributed by atoms with van der Waals surface area (Å²) in [6.07, 6.45) is 1.64. The Morgan fingerprint density at radius 2 is 2.33 bits per heavy atom. The van der Waals surface area contributed by atoms with Crippen molar-refractivity contribution in [3.63, 3.8) is 0 Å². The topological polar surface area (TPSA) is 50.9 Å². The third-order valence-electron chi connectivity index (χ3n) is 1.28. The highest BCUT2D eigenvalue weighted by molar-refractivity contribution is 4.70. The largest absolute Gasteiger partial charge is 0.569 e. The maximum absolute atomic E-state index is 11.1. The maximum Gasteiger partial charge on any atom is 0.232 e. The molecule has 70 valence electrons. The minimum atomic E-state index is 0.0689. The van der Waals surface area contributed by atoms with Gasteiger partial charge in [0.15, 0.2) is 0 Å². The lowest BCUT2D eigenvalue weighted by atomic mass is 10.4. The molecule has 0 fully saturated rings. The van der Waals surface area contributed by atoms with Crippen molar-refractivity contribution in [2.24, 2.45) is 5.28 Å². The second kappa shape index (κ2) is 5.40. The molecular formula is C7H15N3O2. The van der Waals surface area contributed by atoms with Gasteiger partial charge in [-0.2, -0.15) is 0 Å². The highest BCUT2D eigenvalue weighted by Gasteiger charge is 2.14. The number of rotatable bonds is 5. The molecule has 0 radical (unpaired) electrons. The lowest BCUT2D eigenvalue weighted by Gasteiger charge is -2.19. The lowest BCUT2D eigenvalue weighted by molar-refractivity contribution is -0.714. The van der Waals surface area contributed by atoms with Crippen LogP contribution >= 0.6 is 0 Å². The van der Waals surface area contributed by atoms with E-state index < -0.39 is 0 Å². The molecule has 5 nitrogen and oxygen atoms in total. The summed E-state index contributed by atoms with van der Waals surface area (Å²) in [4.78, 5) is 4.77. The summed E-state index contributed by atoms with van der Waals surface area (Å²) in [6, 6.07) is 0.0689. The fraction of sp³-hybridized carbons (Fsp3) is 0.714. The van der Waals surface area contributed by atoms with Crippen LogP contribution in [0, 0.1) is 5.21 Å². The quantitative estimate of drug-likeness (QED) is 0.273. The Morgan fingerprint density at radius 1 is 1.75 bits per heavy atom. The van der Waals surface area contributed by atoms with E-state index in [-0.39, 0.29) is 6.04 Å². The van der Waals surface area contributed by atoms with Gasteiger partial charge in [-0.3, -0.25) is 0 Å². The van der Waals surface area contributed by atoms with Crippen molar-refractivity contribution >= 4 is 0 Å². The molecule has 0 unspecified atom stereocenters. The highest BCUT2D eigenvalue weighted by Crippen LogP contribution is 1.98. The molecule has 12 heavy (non-hydrogen) atoms. The van der Waals surface area contributed by atoms with E-state index in [1.54, 1.807) is 6.08 Å². The summed E-state index contributed by atoms with van der Waals surface area (Å²) in [6.45, 7) is 7.77. The van der Waals surface area contributed by atoms with Crippen molar-refractivity contribution in [3.8, 4) is 0 Å². The van der Waals surface area contributed by atoms with Crippen LogP contribution in [-0.2, 0) is 4.84 Å². The monoisotopic (exact) mass is 173 g/mol. The maximum atomic E-state index is 11.1. The molecule has 0 saturated heterocycles. The molecule has 0 aromatic carbocycles. The van der Waals surface area contributed by atoms with Crippen molar-refractivity contribution in [1.29, 1.82) is 0 Å². The molecule has 0 rings (SSSR count). The first-order chi connectivity index (χ1) is 5.63. The number of hydrogen-bond donors (Lipinski definition) is 0. The highest BCUT2D eigenvalue weighted by atomic mass is 16.7. The Bertz CT molecular complexity index is 168. The van der Waals surface area contributed by atoms with E-state index in [1.807, 2.05) is 13.8 Å². The molecule has 0 heterocycles. The van der Waals surface area contributed by atoms with Crippen LogP contribution in [0.3, 0.4) is 0 Å². The fourth-order valence-electron chi connectivity index (χ4n) is 0.727. The van der Waals surface area contributed by atoms with Crippen molar-refractivity contribution in [1.82, 2.24) is 5.01 Å². The van der Waals surface area contributed by atoms with Gasteiger partial charge in [-0.25, -0.2) is 0 Å². The van der Waals surface area contributed by atoms with E-state index in [0.29, 0.717) is 11.5 Å². The summed E-state index contributed by atoms with van der Waals surface area (Å²) in [5.41, 5.74) is 0. The van der Waals surface area contributed by atoms with Gasteiger partial charge in [0, 0.05) is 0 Å². The second-order valence-electron chi connectivity index (χ2n) is 2.52. The van der Waals surface area contributed by atoms with Gasteiger partial charge >= 0.3 is 0 Å². The number of hydrogen-bond acceptors (Lipinski definition) is 3. The second-order valence-corrected chi connectivity index (χ2v) is 2.52. The molecule has 5 heteroatoms. The van der Waals surface area contributed by atoms with Crippen LogP contribution in [0.25, 0.3) is 0 Å². The van der Waals surface area contributed by atoms with E-state index in [0.717, 1.165) is 0 Å². The smallest absolute Gasteiger partial charge is 0.232 e. The third-order valence-corrected chi connectivity index (χ3v) is 1.28. The molecule has 0 spiro atoms. The van der Waals surface area contributed by atoms with E-state index in [1.165, 1.54) is 12.1 Å². The minimum Gasteiger partial charge on any atom is -0.569 e. The zero-order chi connectivity index (χ0) is 9.56. The summed E-state index contributed by atoms with van der Waals surface area (Å²) >= 11 is 0. The Hall–Kier alpha value is -1.26. The Kier molecular flexibility index (Phi) is 4.83. The first-order valence-electron chi connectivity index (χ1n) is 3.72. The first kappa shape index (κ1) is 10.7. The molecule has 0 N–H and O–H groups in total. The van der Waals surface area contributed by atoms with Gasteiger partial charge < -0.3 is 10.0 Å².